The molecule has 7 nitrogen and oxygen atoms in total. The summed E-state index contributed by atoms with van der Waals surface area (Å²) in [6, 6.07) is 14.3. The van der Waals surface area contributed by atoms with Gasteiger partial charge in [-0.3, -0.25) is 4.79 Å². The number of sulfonamides is 1. The number of carbonyl (C=O) groups is 1. The average molecular weight is 459 g/mol. The van der Waals surface area contributed by atoms with E-state index in [1.54, 1.807) is 12.1 Å². The Balaban J connectivity index is 1.66. The molecule has 4 rings (SSSR count). The van der Waals surface area contributed by atoms with Gasteiger partial charge in [0.15, 0.2) is 0 Å². The highest BCUT2D eigenvalue weighted by atomic mass is 32.2. The van der Waals surface area contributed by atoms with Crippen LogP contribution in [-0.4, -0.2) is 52.0 Å². The van der Waals surface area contributed by atoms with Crippen molar-refractivity contribution in [2.45, 2.75) is 42.4 Å². The first-order chi connectivity index (χ1) is 15.5. The van der Waals surface area contributed by atoms with Crippen molar-refractivity contribution in [1.82, 2.24) is 4.31 Å². The Morgan fingerprint density at radius 1 is 1.03 bits per heavy atom. The molecule has 172 valence electrons. The molecule has 2 heterocycles. The number of hydrogen-bond acceptors (Lipinski definition) is 5. The minimum absolute atomic E-state index is 0.163. The zero-order chi connectivity index (χ0) is 22.6. The number of benzene rings is 2. The van der Waals surface area contributed by atoms with Crippen LogP contribution in [0.15, 0.2) is 53.4 Å². The summed E-state index contributed by atoms with van der Waals surface area (Å²) < 4.78 is 38.8. The summed E-state index contributed by atoms with van der Waals surface area (Å²) in [5, 5.41) is 2.98. The molecule has 2 aromatic rings. The van der Waals surface area contributed by atoms with Gasteiger partial charge in [-0.2, -0.15) is 4.31 Å². The highest BCUT2D eigenvalue weighted by molar-refractivity contribution is 7.89. The van der Waals surface area contributed by atoms with Crippen LogP contribution in [0.2, 0.25) is 0 Å². The lowest BCUT2D eigenvalue weighted by Gasteiger charge is -2.36. The van der Waals surface area contributed by atoms with Crippen LogP contribution in [0.4, 0.5) is 5.69 Å². The lowest BCUT2D eigenvalue weighted by molar-refractivity contribution is -0.125. The number of hydrogen-bond donors (Lipinski definition) is 1. The summed E-state index contributed by atoms with van der Waals surface area (Å²) in [7, 11) is -2.13. The zero-order valence-corrected chi connectivity index (χ0v) is 19.2. The number of rotatable bonds is 6. The summed E-state index contributed by atoms with van der Waals surface area (Å²) in [4.78, 5) is 13.8. The predicted molar refractivity (Wildman–Crippen MR) is 122 cm³/mol. The molecule has 0 radical (unpaired) electrons. The summed E-state index contributed by atoms with van der Waals surface area (Å²) in [5.41, 5.74) is 0.543. The third-order valence-electron chi connectivity index (χ3n) is 6.48. The molecular formula is C24H30N2O5S. The highest BCUT2D eigenvalue weighted by Gasteiger charge is 2.42. The molecule has 2 aliphatic rings. The van der Waals surface area contributed by atoms with Crippen molar-refractivity contribution in [3.05, 3.63) is 54.1 Å². The number of nitrogens with zero attached hydrogens (tertiary/aromatic N) is 1. The van der Waals surface area contributed by atoms with Gasteiger partial charge in [-0.05, 0) is 49.4 Å². The number of ether oxygens (including phenoxy) is 2. The Kier molecular flexibility index (Phi) is 6.83. The number of nitrogens with one attached hydrogen (secondary N) is 1. The molecule has 32 heavy (non-hydrogen) atoms. The largest absolute Gasteiger partial charge is 0.495 e. The molecular weight excluding hydrogens is 428 g/mol. The van der Waals surface area contributed by atoms with Crippen LogP contribution in [-0.2, 0) is 25.0 Å². The molecule has 0 saturated carbocycles. The third-order valence-corrected chi connectivity index (χ3v) is 8.37. The molecule has 8 heteroatoms. The van der Waals surface area contributed by atoms with Crippen molar-refractivity contribution in [3.63, 3.8) is 0 Å². The SMILES string of the molecule is COc1ccc(S(=O)(=O)N2CCCCC2)cc1NC(=O)C1(c2ccccc2)CCOCC1. The lowest BCUT2D eigenvalue weighted by atomic mass is 9.73. The van der Waals surface area contributed by atoms with E-state index < -0.39 is 15.4 Å². The van der Waals surface area contributed by atoms with Gasteiger partial charge in [-0.15, -0.1) is 0 Å². The molecule has 2 fully saturated rings. The minimum Gasteiger partial charge on any atom is -0.495 e. The van der Waals surface area contributed by atoms with Crippen LogP contribution < -0.4 is 10.1 Å². The van der Waals surface area contributed by atoms with Crippen LogP contribution in [0.1, 0.15) is 37.7 Å². The van der Waals surface area contributed by atoms with E-state index in [9.17, 15) is 13.2 Å². The Morgan fingerprint density at radius 2 is 1.72 bits per heavy atom. The fraction of sp³-hybridized carbons (Fsp3) is 0.458. The maximum Gasteiger partial charge on any atom is 0.243 e. The summed E-state index contributed by atoms with van der Waals surface area (Å²) in [6.07, 6.45) is 3.87. The standard InChI is InChI=1S/C24H30N2O5S/c1-30-22-11-10-20(32(28,29)26-14-6-3-7-15-26)18-21(22)25-23(27)24(12-16-31-17-13-24)19-8-4-2-5-9-19/h2,4-5,8-11,18H,3,6-7,12-17H2,1H3,(H,25,27). The van der Waals surface area contributed by atoms with Gasteiger partial charge in [0.2, 0.25) is 15.9 Å². The first-order valence-corrected chi connectivity index (χ1v) is 12.5. The van der Waals surface area contributed by atoms with Crippen molar-refractivity contribution in [2.24, 2.45) is 0 Å². The minimum atomic E-state index is -3.63. The second-order valence-corrected chi connectivity index (χ2v) is 10.3. The van der Waals surface area contributed by atoms with E-state index in [4.69, 9.17) is 9.47 Å². The third kappa shape index (κ3) is 4.40. The van der Waals surface area contributed by atoms with Gasteiger partial charge in [0, 0.05) is 26.3 Å². The summed E-state index contributed by atoms with van der Waals surface area (Å²) in [5.74, 6) is 0.240. The van der Waals surface area contributed by atoms with Gasteiger partial charge in [-0.25, -0.2) is 8.42 Å². The van der Waals surface area contributed by atoms with Crippen molar-refractivity contribution in [3.8, 4) is 5.75 Å². The van der Waals surface area contributed by atoms with Gasteiger partial charge in [0.25, 0.3) is 0 Å². The van der Waals surface area contributed by atoms with Crippen molar-refractivity contribution >= 4 is 21.6 Å². The van der Waals surface area contributed by atoms with E-state index in [1.165, 1.54) is 17.5 Å². The monoisotopic (exact) mass is 458 g/mol. The molecule has 1 amide bonds. The number of piperidine rings is 1. The predicted octanol–water partition coefficient (Wildman–Crippen LogP) is 3.56. The van der Waals surface area contributed by atoms with E-state index in [0.717, 1.165) is 24.8 Å². The maximum absolute atomic E-state index is 13.6. The topological polar surface area (TPSA) is 84.9 Å². The number of carbonyl (C=O) groups excluding carboxylic acids is 1. The van der Waals surface area contributed by atoms with Gasteiger partial charge >= 0.3 is 0 Å². The highest BCUT2D eigenvalue weighted by Crippen LogP contribution is 2.38. The van der Waals surface area contributed by atoms with E-state index in [2.05, 4.69) is 5.32 Å². The molecule has 2 aliphatic heterocycles. The number of anilines is 1. The zero-order valence-electron chi connectivity index (χ0n) is 18.4. The quantitative estimate of drug-likeness (QED) is 0.716. The van der Waals surface area contributed by atoms with Gasteiger partial charge < -0.3 is 14.8 Å². The molecule has 0 aromatic heterocycles. The van der Waals surface area contributed by atoms with Gasteiger partial charge in [0.05, 0.1) is 23.1 Å². The number of methoxy groups -OCH3 is 1. The van der Waals surface area contributed by atoms with E-state index in [-0.39, 0.29) is 10.8 Å². The average Bonchev–Trinajstić information content (AvgIpc) is 2.85. The van der Waals surface area contributed by atoms with Crippen LogP contribution >= 0.6 is 0 Å². The lowest BCUT2D eigenvalue weighted by Crippen LogP contribution is -2.44. The molecule has 2 saturated heterocycles. The Bertz CT molecular complexity index is 1040. The molecule has 0 spiro atoms. The van der Waals surface area contributed by atoms with Crippen molar-refractivity contribution in [2.75, 3.05) is 38.7 Å². The molecule has 0 unspecified atom stereocenters. The fourth-order valence-corrected chi connectivity index (χ4v) is 6.11. The Labute approximate surface area is 189 Å². The van der Waals surface area contributed by atoms with E-state index in [0.29, 0.717) is 50.6 Å². The van der Waals surface area contributed by atoms with Gasteiger partial charge in [-0.1, -0.05) is 36.8 Å². The smallest absolute Gasteiger partial charge is 0.243 e. The fourth-order valence-electron chi connectivity index (χ4n) is 4.57. The summed E-state index contributed by atoms with van der Waals surface area (Å²) in [6.45, 7) is 2.02. The maximum atomic E-state index is 13.6. The van der Waals surface area contributed by atoms with Crippen molar-refractivity contribution < 1.29 is 22.7 Å². The molecule has 0 atom stereocenters. The van der Waals surface area contributed by atoms with Gasteiger partial charge in [0.1, 0.15) is 5.75 Å². The van der Waals surface area contributed by atoms with Crippen LogP contribution in [0.25, 0.3) is 0 Å². The normalized spacial score (nSPS) is 19.3. The molecule has 2 aromatic carbocycles. The first-order valence-electron chi connectivity index (χ1n) is 11.1. The second kappa shape index (κ2) is 9.60. The first kappa shape index (κ1) is 22.8. The van der Waals surface area contributed by atoms with E-state index >= 15 is 0 Å². The van der Waals surface area contributed by atoms with Crippen LogP contribution in [0, 0.1) is 0 Å². The summed E-state index contributed by atoms with van der Waals surface area (Å²) >= 11 is 0. The van der Waals surface area contributed by atoms with Crippen LogP contribution in [0.5, 0.6) is 5.75 Å². The van der Waals surface area contributed by atoms with Crippen molar-refractivity contribution in [1.29, 1.82) is 0 Å². The number of amides is 1. The second-order valence-electron chi connectivity index (χ2n) is 8.34. The molecule has 1 N–H and O–H groups in total. The van der Waals surface area contributed by atoms with Crippen LogP contribution in [0.3, 0.4) is 0 Å². The Morgan fingerprint density at radius 3 is 2.38 bits per heavy atom. The van der Waals surface area contributed by atoms with E-state index in [1.807, 2.05) is 30.3 Å². The Hall–Kier alpha value is -2.42. The molecule has 0 aliphatic carbocycles. The molecule has 0 bridgehead atoms.